The molecule has 0 radical (unpaired) electrons. The number of aliphatic hydroxyl groups is 1. The lowest BCUT2D eigenvalue weighted by Crippen LogP contribution is -2.31. The number of hydrogen-bond donors (Lipinski definition) is 1. The van der Waals surface area contributed by atoms with Gasteiger partial charge in [0.1, 0.15) is 5.82 Å². The zero-order chi connectivity index (χ0) is 15.0. The quantitative estimate of drug-likeness (QED) is 0.893. The summed E-state index contributed by atoms with van der Waals surface area (Å²) >= 11 is 0. The molecule has 1 aliphatic rings. The SMILES string of the molecule is CC1Cc2ccccc2N(c2ccc(F)cc2C(C)O)C1. The van der Waals surface area contributed by atoms with Crippen LogP contribution in [0.4, 0.5) is 15.8 Å². The highest BCUT2D eigenvalue weighted by molar-refractivity contribution is 5.70. The zero-order valence-corrected chi connectivity index (χ0v) is 12.4. The van der Waals surface area contributed by atoms with Crippen molar-refractivity contribution in [1.29, 1.82) is 0 Å². The Balaban J connectivity index is 2.13. The molecule has 3 rings (SSSR count). The Labute approximate surface area is 124 Å². The van der Waals surface area contributed by atoms with Crippen molar-refractivity contribution in [3.8, 4) is 0 Å². The fraction of sp³-hybridized carbons (Fsp3) is 0.333. The Morgan fingerprint density at radius 1 is 1.19 bits per heavy atom. The molecule has 0 bridgehead atoms. The Kier molecular flexibility index (Phi) is 3.68. The fourth-order valence-corrected chi connectivity index (χ4v) is 3.13. The van der Waals surface area contributed by atoms with E-state index in [4.69, 9.17) is 0 Å². The van der Waals surface area contributed by atoms with Gasteiger partial charge in [0.15, 0.2) is 0 Å². The number of hydrogen-bond acceptors (Lipinski definition) is 2. The van der Waals surface area contributed by atoms with Crippen molar-refractivity contribution in [1.82, 2.24) is 0 Å². The van der Waals surface area contributed by atoms with E-state index >= 15 is 0 Å². The van der Waals surface area contributed by atoms with Gasteiger partial charge in [-0.05, 0) is 49.1 Å². The summed E-state index contributed by atoms with van der Waals surface area (Å²) in [4.78, 5) is 2.20. The topological polar surface area (TPSA) is 23.5 Å². The molecule has 0 spiro atoms. The highest BCUT2D eigenvalue weighted by Crippen LogP contribution is 2.38. The van der Waals surface area contributed by atoms with Crippen molar-refractivity contribution in [2.24, 2.45) is 5.92 Å². The first-order valence-corrected chi connectivity index (χ1v) is 7.39. The summed E-state index contributed by atoms with van der Waals surface area (Å²) in [6.07, 6.45) is 0.359. The van der Waals surface area contributed by atoms with Crippen molar-refractivity contribution >= 4 is 11.4 Å². The predicted molar refractivity (Wildman–Crippen MR) is 83.3 cm³/mol. The molecular formula is C18H20FNO. The average Bonchev–Trinajstić information content (AvgIpc) is 2.46. The Hall–Kier alpha value is -1.87. The monoisotopic (exact) mass is 285 g/mol. The van der Waals surface area contributed by atoms with Crippen molar-refractivity contribution in [2.75, 3.05) is 11.4 Å². The third-order valence-electron chi connectivity index (χ3n) is 4.08. The van der Waals surface area contributed by atoms with Gasteiger partial charge in [-0.15, -0.1) is 0 Å². The summed E-state index contributed by atoms with van der Waals surface area (Å²) in [7, 11) is 0. The van der Waals surface area contributed by atoms with Crippen LogP contribution in [0.1, 0.15) is 31.1 Å². The van der Waals surface area contributed by atoms with E-state index in [1.807, 2.05) is 6.07 Å². The lowest BCUT2D eigenvalue weighted by atomic mass is 9.92. The molecule has 0 aromatic heterocycles. The van der Waals surface area contributed by atoms with Crippen LogP contribution in [0.25, 0.3) is 0 Å². The number of nitrogens with zero attached hydrogens (tertiary/aromatic N) is 1. The third kappa shape index (κ3) is 2.66. The van der Waals surface area contributed by atoms with Crippen LogP contribution in [0.5, 0.6) is 0 Å². The molecule has 1 aliphatic heterocycles. The molecule has 110 valence electrons. The van der Waals surface area contributed by atoms with E-state index in [0.717, 1.165) is 24.3 Å². The predicted octanol–water partition coefficient (Wildman–Crippen LogP) is 4.21. The van der Waals surface area contributed by atoms with Gasteiger partial charge in [0.2, 0.25) is 0 Å². The zero-order valence-electron chi connectivity index (χ0n) is 12.4. The van der Waals surface area contributed by atoms with Gasteiger partial charge < -0.3 is 10.0 Å². The van der Waals surface area contributed by atoms with Gasteiger partial charge in [-0.3, -0.25) is 0 Å². The molecule has 0 aliphatic carbocycles. The average molecular weight is 285 g/mol. The first kappa shape index (κ1) is 14.1. The highest BCUT2D eigenvalue weighted by atomic mass is 19.1. The van der Waals surface area contributed by atoms with Gasteiger partial charge in [0.25, 0.3) is 0 Å². The van der Waals surface area contributed by atoms with E-state index in [9.17, 15) is 9.50 Å². The maximum absolute atomic E-state index is 13.5. The van der Waals surface area contributed by atoms with Gasteiger partial charge in [-0.2, -0.15) is 0 Å². The van der Waals surface area contributed by atoms with Crippen LogP contribution in [0.15, 0.2) is 42.5 Å². The number of rotatable bonds is 2. The van der Waals surface area contributed by atoms with E-state index in [2.05, 4.69) is 30.0 Å². The number of benzene rings is 2. The lowest BCUT2D eigenvalue weighted by molar-refractivity contribution is 0.199. The molecule has 0 amide bonds. The molecular weight excluding hydrogens is 265 g/mol. The van der Waals surface area contributed by atoms with Crippen LogP contribution in [0, 0.1) is 11.7 Å². The second-order valence-corrected chi connectivity index (χ2v) is 5.93. The summed E-state index contributed by atoms with van der Waals surface area (Å²) in [5, 5.41) is 9.98. The Morgan fingerprint density at radius 2 is 1.95 bits per heavy atom. The normalized spacial score (nSPS) is 19.2. The largest absolute Gasteiger partial charge is 0.389 e. The summed E-state index contributed by atoms with van der Waals surface area (Å²) < 4.78 is 13.5. The first-order chi connectivity index (χ1) is 10.1. The molecule has 0 saturated carbocycles. The molecule has 2 aromatic rings. The summed E-state index contributed by atoms with van der Waals surface area (Å²) in [6.45, 7) is 4.77. The minimum absolute atomic E-state index is 0.312. The fourth-order valence-electron chi connectivity index (χ4n) is 3.13. The van der Waals surface area contributed by atoms with E-state index in [-0.39, 0.29) is 5.82 Å². The van der Waals surface area contributed by atoms with Crippen molar-refractivity contribution < 1.29 is 9.50 Å². The van der Waals surface area contributed by atoms with Crippen LogP contribution in [0.3, 0.4) is 0 Å². The van der Waals surface area contributed by atoms with Crippen LogP contribution in [-0.2, 0) is 6.42 Å². The third-order valence-corrected chi connectivity index (χ3v) is 4.08. The molecule has 21 heavy (non-hydrogen) atoms. The lowest BCUT2D eigenvalue weighted by Gasteiger charge is -2.36. The second-order valence-electron chi connectivity index (χ2n) is 5.93. The van der Waals surface area contributed by atoms with Crippen LogP contribution < -0.4 is 4.90 Å². The molecule has 1 heterocycles. The maximum atomic E-state index is 13.5. The van der Waals surface area contributed by atoms with E-state index in [1.165, 1.54) is 17.7 Å². The minimum Gasteiger partial charge on any atom is -0.389 e. The van der Waals surface area contributed by atoms with E-state index < -0.39 is 6.10 Å². The standard InChI is InChI=1S/C18H20FNO/c1-12-9-14-5-3-4-6-17(14)20(11-12)18-8-7-15(19)10-16(18)13(2)21/h3-8,10,12-13,21H,9,11H2,1-2H3. The Morgan fingerprint density at radius 3 is 2.71 bits per heavy atom. The molecule has 2 nitrogen and oxygen atoms in total. The summed E-state index contributed by atoms with van der Waals surface area (Å²) in [5.74, 6) is 0.208. The van der Waals surface area contributed by atoms with Crippen LogP contribution in [0.2, 0.25) is 0 Å². The molecule has 0 fully saturated rings. The van der Waals surface area contributed by atoms with Crippen LogP contribution >= 0.6 is 0 Å². The molecule has 3 heteroatoms. The van der Waals surface area contributed by atoms with Crippen molar-refractivity contribution in [2.45, 2.75) is 26.4 Å². The van der Waals surface area contributed by atoms with Gasteiger partial charge in [-0.1, -0.05) is 25.1 Å². The molecule has 2 unspecified atom stereocenters. The highest BCUT2D eigenvalue weighted by Gasteiger charge is 2.25. The van der Waals surface area contributed by atoms with Gasteiger partial charge in [0, 0.05) is 23.5 Å². The van der Waals surface area contributed by atoms with Crippen molar-refractivity contribution in [3.05, 3.63) is 59.4 Å². The number of para-hydroxylation sites is 1. The smallest absolute Gasteiger partial charge is 0.123 e. The molecule has 2 atom stereocenters. The molecule has 2 aromatic carbocycles. The number of halogens is 1. The minimum atomic E-state index is -0.694. The van der Waals surface area contributed by atoms with E-state index in [1.54, 1.807) is 13.0 Å². The number of aliphatic hydroxyl groups excluding tert-OH is 1. The summed E-state index contributed by atoms with van der Waals surface area (Å²) in [6, 6.07) is 13.0. The van der Waals surface area contributed by atoms with Gasteiger partial charge in [-0.25, -0.2) is 4.39 Å². The first-order valence-electron chi connectivity index (χ1n) is 7.39. The summed E-state index contributed by atoms with van der Waals surface area (Å²) in [5.41, 5.74) is 3.99. The second kappa shape index (κ2) is 5.49. The van der Waals surface area contributed by atoms with Gasteiger partial charge in [0.05, 0.1) is 6.10 Å². The van der Waals surface area contributed by atoms with Crippen molar-refractivity contribution in [3.63, 3.8) is 0 Å². The maximum Gasteiger partial charge on any atom is 0.123 e. The molecule has 1 N–H and O–H groups in total. The number of fused-ring (bicyclic) bond motifs is 1. The van der Waals surface area contributed by atoms with Crippen LogP contribution in [-0.4, -0.2) is 11.7 Å². The number of anilines is 2. The van der Waals surface area contributed by atoms with E-state index in [0.29, 0.717) is 11.5 Å². The molecule has 0 saturated heterocycles. The van der Waals surface area contributed by atoms with Gasteiger partial charge >= 0.3 is 0 Å². The Bertz CT molecular complexity index is 653.